The summed E-state index contributed by atoms with van der Waals surface area (Å²) in [7, 11) is 0.328. The highest BCUT2D eigenvalue weighted by Gasteiger charge is 2.69. The molecule has 4 aliphatic rings. The van der Waals surface area contributed by atoms with Gasteiger partial charge in [-0.05, 0) is 61.6 Å². The van der Waals surface area contributed by atoms with E-state index in [4.69, 9.17) is 14.1 Å². The minimum Gasteiger partial charge on any atom is -0.479 e. The van der Waals surface area contributed by atoms with E-state index in [9.17, 15) is 24.8 Å². The highest BCUT2D eigenvalue weighted by Crippen LogP contribution is 2.68. The summed E-state index contributed by atoms with van der Waals surface area (Å²) in [6, 6.07) is 2.97. The minimum atomic E-state index is -1.40. The van der Waals surface area contributed by atoms with Gasteiger partial charge in [0.05, 0.1) is 18.8 Å². The summed E-state index contributed by atoms with van der Waals surface area (Å²) < 4.78 is 31.8. The molecular weight excluding hydrogens is 532 g/mol. The zero-order valence-corrected chi connectivity index (χ0v) is 24.6. The molecule has 0 aromatic heterocycles. The van der Waals surface area contributed by atoms with Gasteiger partial charge in [-0.25, -0.2) is 9.18 Å². The van der Waals surface area contributed by atoms with Gasteiger partial charge in [0.2, 0.25) is 0 Å². The highest BCUT2D eigenvalue weighted by molar-refractivity contribution is 6.61. The van der Waals surface area contributed by atoms with Crippen LogP contribution in [0.15, 0.2) is 12.1 Å². The molecule has 11 heteroatoms. The maximum atomic E-state index is 15.0. The third-order valence-electron chi connectivity index (χ3n) is 11.5. The summed E-state index contributed by atoms with van der Waals surface area (Å²) in [6.07, 6.45) is 0.132. The molecule has 0 saturated heterocycles. The summed E-state index contributed by atoms with van der Waals surface area (Å²) in [4.78, 5) is 27.0. The number of aliphatic hydroxyl groups is 2. The smallest absolute Gasteiger partial charge is 0.479 e. The van der Waals surface area contributed by atoms with E-state index in [1.165, 1.54) is 6.07 Å². The molecule has 3 saturated carbocycles. The Hall–Kier alpha value is -2.05. The number of hydrogen-bond donors (Lipinski definition) is 4. The number of carbonyl (C=O) groups excluding carboxylic acids is 2. The van der Waals surface area contributed by atoms with Crippen molar-refractivity contribution in [3.05, 3.63) is 23.5 Å². The van der Waals surface area contributed by atoms with E-state index in [-0.39, 0.29) is 48.4 Å². The predicted molar refractivity (Wildman–Crippen MR) is 149 cm³/mol. The maximum Gasteiger partial charge on any atom is 0.494 e. The van der Waals surface area contributed by atoms with E-state index in [0.717, 1.165) is 12.8 Å². The highest BCUT2D eigenvalue weighted by atomic mass is 19.1. The molecule has 41 heavy (non-hydrogen) atoms. The predicted octanol–water partition coefficient (Wildman–Crippen LogP) is 1.72. The van der Waals surface area contributed by atoms with Gasteiger partial charge in [0.25, 0.3) is 0 Å². The third-order valence-corrected chi connectivity index (χ3v) is 11.5. The molecule has 0 amide bonds. The number of nitrogens with one attached hydrogen (secondary N) is 1. The molecule has 1 unspecified atom stereocenters. The second-order valence-corrected chi connectivity index (χ2v) is 13.3. The largest absolute Gasteiger partial charge is 0.494 e. The van der Waals surface area contributed by atoms with E-state index in [2.05, 4.69) is 12.2 Å². The molecule has 1 aliphatic heterocycles. The van der Waals surface area contributed by atoms with Crippen LogP contribution in [0, 0.1) is 39.8 Å². The van der Waals surface area contributed by atoms with Gasteiger partial charge in [0.15, 0.2) is 18.2 Å². The SMILES string of the molecule is CNCC(O)[C@]1(C)C[C@@H](OC(=O)COc2ccc3c(c2F)B(O)OC3)[C@]2(C)[C@H](C)CC[C@]3(CCC(=O)[C@H]32)[C@@H](C)[C@@H]1O. The van der Waals surface area contributed by atoms with Gasteiger partial charge in [0, 0.05) is 35.2 Å². The fourth-order valence-corrected chi connectivity index (χ4v) is 8.76. The molecule has 4 N–H and O–H groups in total. The van der Waals surface area contributed by atoms with Crippen LogP contribution in [0.3, 0.4) is 0 Å². The van der Waals surface area contributed by atoms with Crippen molar-refractivity contribution < 1.29 is 43.3 Å². The van der Waals surface area contributed by atoms with Crippen LogP contribution in [0.25, 0.3) is 0 Å². The van der Waals surface area contributed by atoms with E-state index < -0.39 is 66.0 Å². The quantitative estimate of drug-likeness (QED) is 0.283. The summed E-state index contributed by atoms with van der Waals surface area (Å²) >= 11 is 0. The molecular formula is C30H43BFNO8. The molecule has 9 nitrogen and oxygen atoms in total. The molecule has 1 heterocycles. The minimum absolute atomic E-state index is 0.00657. The maximum absolute atomic E-state index is 15.0. The fraction of sp³-hybridized carbons (Fsp3) is 0.733. The van der Waals surface area contributed by atoms with Gasteiger partial charge in [-0.15, -0.1) is 0 Å². The molecule has 3 fully saturated rings. The van der Waals surface area contributed by atoms with Crippen LogP contribution >= 0.6 is 0 Å². The van der Waals surface area contributed by atoms with Crippen LogP contribution in [0.5, 0.6) is 5.75 Å². The first-order chi connectivity index (χ1) is 19.3. The van der Waals surface area contributed by atoms with Crippen LogP contribution in [0.2, 0.25) is 0 Å². The Morgan fingerprint density at radius 2 is 2.02 bits per heavy atom. The zero-order valence-electron chi connectivity index (χ0n) is 24.6. The molecule has 3 aliphatic carbocycles. The van der Waals surface area contributed by atoms with Gasteiger partial charge >= 0.3 is 13.1 Å². The molecule has 9 atom stereocenters. The third kappa shape index (κ3) is 4.63. The Morgan fingerprint density at radius 3 is 2.73 bits per heavy atom. The lowest BCUT2D eigenvalue weighted by molar-refractivity contribution is -0.223. The molecule has 1 aromatic carbocycles. The molecule has 5 rings (SSSR count). The van der Waals surface area contributed by atoms with Crippen molar-refractivity contribution in [2.75, 3.05) is 20.2 Å². The molecule has 0 radical (unpaired) electrons. The number of aliphatic hydroxyl groups excluding tert-OH is 2. The standard InChI is InChI=1S/C30H43BFNO8/c1-16-8-10-30-11-9-19(34)26(30)29(16,4)22(12-28(3,21(35)13-33-5)27(37)17(30)2)41-23(36)15-39-20-7-6-18-14-40-31(38)24(18)25(20)32/h6-7,16-17,21-22,26-27,33,35,37-38H,8-15H2,1-5H3/t16-,17+,21?,22-,26+,27+,28+,29+,30+/m1/s1. The second kappa shape index (κ2) is 10.9. The number of benzene rings is 1. The topological polar surface area (TPSA) is 135 Å². The van der Waals surface area contributed by atoms with E-state index in [1.54, 1.807) is 13.1 Å². The van der Waals surface area contributed by atoms with Crippen LogP contribution in [-0.4, -0.2) is 72.6 Å². The van der Waals surface area contributed by atoms with Crippen molar-refractivity contribution in [2.24, 2.45) is 34.0 Å². The fourth-order valence-electron chi connectivity index (χ4n) is 8.76. The number of esters is 1. The average Bonchev–Trinajstić information content (AvgIpc) is 3.49. The number of carbonyl (C=O) groups is 2. The summed E-state index contributed by atoms with van der Waals surface area (Å²) in [6.45, 7) is 7.67. The molecule has 0 spiro atoms. The van der Waals surface area contributed by atoms with Crippen molar-refractivity contribution in [3.63, 3.8) is 0 Å². The van der Waals surface area contributed by atoms with E-state index in [0.29, 0.717) is 18.4 Å². The van der Waals surface area contributed by atoms with Crippen molar-refractivity contribution >= 4 is 24.3 Å². The number of hydrogen-bond acceptors (Lipinski definition) is 9. The van der Waals surface area contributed by atoms with Crippen molar-refractivity contribution in [1.82, 2.24) is 5.32 Å². The first kappa shape index (κ1) is 30.4. The van der Waals surface area contributed by atoms with Crippen LogP contribution < -0.4 is 15.5 Å². The number of ketones is 1. The number of halogens is 1. The van der Waals surface area contributed by atoms with Crippen molar-refractivity contribution in [3.8, 4) is 5.75 Å². The van der Waals surface area contributed by atoms with Gasteiger partial charge in [-0.3, -0.25) is 4.79 Å². The molecule has 2 bridgehead atoms. The van der Waals surface area contributed by atoms with Crippen molar-refractivity contribution in [2.45, 2.75) is 84.7 Å². The first-order valence-corrected chi connectivity index (χ1v) is 14.8. The number of likely N-dealkylation sites (N-methyl/N-ethyl adjacent to an activating group) is 1. The van der Waals surface area contributed by atoms with E-state index >= 15 is 4.39 Å². The normalized spacial score (nSPS) is 39.0. The second-order valence-electron chi connectivity index (χ2n) is 13.3. The van der Waals surface area contributed by atoms with Crippen LogP contribution in [-0.2, 0) is 25.6 Å². The van der Waals surface area contributed by atoms with Crippen LogP contribution in [0.1, 0.15) is 65.4 Å². The Balaban J connectivity index is 1.47. The van der Waals surface area contributed by atoms with Gasteiger partial charge in [0.1, 0.15) is 11.9 Å². The number of ether oxygens (including phenoxy) is 2. The molecule has 226 valence electrons. The van der Waals surface area contributed by atoms with Gasteiger partial charge < -0.3 is 34.7 Å². The first-order valence-electron chi connectivity index (χ1n) is 14.8. The number of fused-ring (bicyclic) bond motifs is 1. The van der Waals surface area contributed by atoms with Crippen LogP contribution in [0.4, 0.5) is 4.39 Å². The lowest BCUT2D eigenvalue weighted by Gasteiger charge is -2.62. The monoisotopic (exact) mass is 575 g/mol. The van der Waals surface area contributed by atoms with Gasteiger partial charge in [-0.1, -0.05) is 33.8 Å². The Kier molecular flexibility index (Phi) is 8.09. The Bertz CT molecular complexity index is 1200. The number of Topliss-reactive ketones (excluding diaryl/α,β-unsaturated/α-hetero) is 1. The zero-order chi connectivity index (χ0) is 29.9. The van der Waals surface area contributed by atoms with Gasteiger partial charge in [-0.2, -0.15) is 0 Å². The van der Waals surface area contributed by atoms with E-state index in [1.807, 2.05) is 20.8 Å². The Labute approximate surface area is 241 Å². The number of rotatable bonds is 7. The average molecular weight is 575 g/mol. The summed E-state index contributed by atoms with van der Waals surface area (Å²) in [5, 5.41) is 36.2. The molecule has 1 aromatic rings. The van der Waals surface area contributed by atoms with Crippen molar-refractivity contribution in [1.29, 1.82) is 0 Å². The lowest BCUT2D eigenvalue weighted by atomic mass is 9.43. The lowest BCUT2D eigenvalue weighted by Crippen LogP contribution is -2.65. The Morgan fingerprint density at radius 1 is 1.29 bits per heavy atom. The summed E-state index contributed by atoms with van der Waals surface area (Å²) in [5.74, 6) is -2.21. The summed E-state index contributed by atoms with van der Waals surface area (Å²) in [5.41, 5.74) is -1.74.